The molecule has 0 atom stereocenters. The molecule has 0 saturated heterocycles. The second kappa shape index (κ2) is 8.50. The summed E-state index contributed by atoms with van der Waals surface area (Å²) in [4.78, 5) is 10.6. The van der Waals surface area contributed by atoms with Crippen LogP contribution in [0.1, 0.15) is 33.1 Å². The Balaban J connectivity index is 4.79. The molecule has 1 N–H and O–H groups in total. The van der Waals surface area contributed by atoms with Crippen molar-refractivity contribution in [1.29, 1.82) is 0 Å². The summed E-state index contributed by atoms with van der Waals surface area (Å²) >= 11 is 0. The van der Waals surface area contributed by atoms with Crippen LogP contribution in [0.15, 0.2) is 47.9 Å². The zero-order valence-corrected chi connectivity index (χ0v) is 10.4. The van der Waals surface area contributed by atoms with Crippen molar-refractivity contribution < 1.29 is 14.3 Å². The van der Waals surface area contributed by atoms with Crippen LogP contribution in [0.5, 0.6) is 0 Å². The molecule has 0 bridgehead atoms. The summed E-state index contributed by atoms with van der Waals surface area (Å²) in [5, 5.41) is 8.67. The maximum atomic E-state index is 13.4. The van der Waals surface area contributed by atoms with Crippen LogP contribution in [0.3, 0.4) is 0 Å². The number of unbranched alkanes of at least 4 members (excludes halogenated alkanes) is 1. The van der Waals surface area contributed by atoms with E-state index in [9.17, 15) is 9.18 Å². The van der Waals surface area contributed by atoms with Crippen molar-refractivity contribution in [3.8, 4) is 0 Å². The van der Waals surface area contributed by atoms with E-state index in [1.165, 1.54) is 19.1 Å². The Labute approximate surface area is 102 Å². The molecule has 2 nitrogen and oxygen atoms in total. The number of aliphatic carboxylic acids is 1. The summed E-state index contributed by atoms with van der Waals surface area (Å²) in [7, 11) is 0. The van der Waals surface area contributed by atoms with Gasteiger partial charge in [-0.25, -0.2) is 4.39 Å². The van der Waals surface area contributed by atoms with Gasteiger partial charge in [0.2, 0.25) is 0 Å². The molecule has 0 aliphatic rings. The summed E-state index contributed by atoms with van der Waals surface area (Å²) in [6.45, 7) is 7.32. The van der Waals surface area contributed by atoms with Crippen molar-refractivity contribution in [1.82, 2.24) is 0 Å². The van der Waals surface area contributed by atoms with Gasteiger partial charge in [-0.2, -0.15) is 0 Å². The highest BCUT2D eigenvalue weighted by atomic mass is 19.1. The van der Waals surface area contributed by atoms with Crippen molar-refractivity contribution >= 4 is 5.97 Å². The van der Waals surface area contributed by atoms with E-state index >= 15 is 0 Å². The van der Waals surface area contributed by atoms with Gasteiger partial charge in [-0.05, 0) is 30.6 Å². The van der Waals surface area contributed by atoms with E-state index in [2.05, 4.69) is 13.5 Å². The Morgan fingerprint density at radius 1 is 1.47 bits per heavy atom. The van der Waals surface area contributed by atoms with Crippen LogP contribution in [-0.2, 0) is 4.79 Å². The summed E-state index contributed by atoms with van der Waals surface area (Å²) in [5.74, 6) is -1.57. The highest BCUT2D eigenvalue weighted by Crippen LogP contribution is 2.18. The monoisotopic (exact) mass is 238 g/mol. The van der Waals surface area contributed by atoms with Gasteiger partial charge in [-0.15, -0.1) is 0 Å². The minimum Gasteiger partial charge on any atom is -0.481 e. The quantitative estimate of drug-likeness (QED) is 0.676. The minimum absolute atomic E-state index is 0.145. The lowest BCUT2D eigenvalue weighted by atomic mass is 10.1. The van der Waals surface area contributed by atoms with Crippen LogP contribution < -0.4 is 0 Å². The normalized spacial score (nSPS) is 13.1. The number of carbonyl (C=O) groups is 1. The molecular weight excluding hydrogens is 219 g/mol. The van der Waals surface area contributed by atoms with E-state index in [1.54, 1.807) is 6.08 Å². The van der Waals surface area contributed by atoms with E-state index in [4.69, 9.17) is 5.11 Å². The average Bonchev–Trinajstić information content (AvgIpc) is 2.27. The molecule has 0 radical (unpaired) electrons. The molecule has 0 rings (SSSR count). The van der Waals surface area contributed by atoms with E-state index in [1.807, 2.05) is 6.08 Å². The maximum absolute atomic E-state index is 13.4. The molecule has 0 spiro atoms. The van der Waals surface area contributed by atoms with Crippen LogP contribution in [0.25, 0.3) is 0 Å². The van der Waals surface area contributed by atoms with Crippen molar-refractivity contribution in [2.24, 2.45) is 0 Å². The molecule has 0 heterocycles. The third kappa shape index (κ3) is 7.28. The Hall–Kier alpha value is -1.64. The lowest BCUT2D eigenvalue weighted by molar-refractivity contribution is -0.136. The largest absolute Gasteiger partial charge is 0.481 e. The molecule has 17 heavy (non-hydrogen) atoms. The van der Waals surface area contributed by atoms with Gasteiger partial charge in [0, 0.05) is 0 Å². The lowest BCUT2D eigenvalue weighted by Gasteiger charge is -2.02. The SMILES string of the molecule is C=C(C=CCCC)C=C(CC(=O)O)C(F)=CC. The molecule has 0 fully saturated rings. The number of halogens is 1. The van der Waals surface area contributed by atoms with Gasteiger partial charge in [0.15, 0.2) is 0 Å². The van der Waals surface area contributed by atoms with Crippen LogP contribution >= 0.6 is 0 Å². The van der Waals surface area contributed by atoms with E-state index in [0.717, 1.165) is 12.8 Å². The predicted molar refractivity (Wildman–Crippen MR) is 68.4 cm³/mol. The number of hydrogen-bond acceptors (Lipinski definition) is 1. The summed E-state index contributed by atoms with van der Waals surface area (Å²) in [6.07, 6.45) is 8.04. The summed E-state index contributed by atoms with van der Waals surface area (Å²) in [5.41, 5.74) is 0.748. The Bertz CT molecular complexity index is 362. The fourth-order valence-electron chi connectivity index (χ4n) is 1.23. The number of allylic oxidation sites excluding steroid dienone is 6. The van der Waals surface area contributed by atoms with Gasteiger partial charge in [0.05, 0.1) is 6.42 Å². The fourth-order valence-corrected chi connectivity index (χ4v) is 1.23. The molecule has 0 aromatic heterocycles. The molecule has 0 saturated carbocycles. The highest BCUT2D eigenvalue weighted by molar-refractivity contribution is 5.71. The summed E-state index contributed by atoms with van der Waals surface area (Å²) in [6, 6.07) is 0. The maximum Gasteiger partial charge on any atom is 0.307 e. The molecule has 0 unspecified atom stereocenters. The second-order valence-corrected chi connectivity index (χ2v) is 3.64. The summed E-state index contributed by atoms with van der Waals surface area (Å²) < 4.78 is 13.4. The number of rotatable bonds is 7. The van der Waals surface area contributed by atoms with E-state index < -0.39 is 11.8 Å². The topological polar surface area (TPSA) is 37.3 Å². The predicted octanol–water partition coefficient (Wildman–Crippen LogP) is 4.17. The van der Waals surface area contributed by atoms with Gasteiger partial charge in [-0.3, -0.25) is 4.79 Å². The molecule has 0 amide bonds. The van der Waals surface area contributed by atoms with Crippen molar-refractivity contribution in [3.05, 3.63) is 47.9 Å². The zero-order valence-electron chi connectivity index (χ0n) is 10.4. The second-order valence-electron chi connectivity index (χ2n) is 3.64. The Morgan fingerprint density at radius 3 is 2.59 bits per heavy atom. The lowest BCUT2D eigenvalue weighted by Crippen LogP contribution is -1.98. The molecule has 0 aliphatic heterocycles. The minimum atomic E-state index is -1.06. The van der Waals surface area contributed by atoms with Crippen LogP contribution in [0.4, 0.5) is 4.39 Å². The van der Waals surface area contributed by atoms with Crippen molar-refractivity contribution in [3.63, 3.8) is 0 Å². The number of hydrogen-bond donors (Lipinski definition) is 1. The third-order valence-electron chi connectivity index (χ3n) is 2.05. The van der Waals surface area contributed by atoms with Gasteiger partial charge in [0.25, 0.3) is 0 Å². The molecule has 0 aromatic carbocycles. The Kier molecular flexibility index (Phi) is 7.68. The molecule has 0 aliphatic carbocycles. The van der Waals surface area contributed by atoms with Crippen LogP contribution in [0.2, 0.25) is 0 Å². The first kappa shape index (κ1) is 15.4. The first-order valence-corrected chi connectivity index (χ1v) is 5.61. The first-order valence-electron chi connectivity index (χ1n) is 5.61. The standard InChI is InChI=1S/C14H19FO2/c1-4-6-7-8-11(3)9-12(10-14(16)17)13(15)5-2/h5,7-9H,3-4,6,10H2,1-2H3,(H,16,17). The third-order valence-corrected chi connectivity index (χ3v) is 2.05. The fraction of sp³-hybridized carbons (Fsp3) is 0.357. The van der Waals surface area contributed by atoms with Gasteiger partial charge >= 0.3 is 5.97 Å². The zero-order chi connectivity index (χ0) is 13.3. The van der Waals surface area contributed by atoms with Crippen molar-refractivity contribution in [2.45, 2.75) is 33.1 Å². The van der Waals surface area contributed by atoms with Gasteiger partial charge < -0.3 is 5.11 Å². The molecule has 94 valence electrons. The van der Waals surface area contributed by atoms with Gasteiger partial charge in [-0.1, -0.05) is 38.2 Å². The van der Waals surface area contributed by atoms with E-state index in [0.29, 0.717) is 5.57 Å². The average molecular weight is 238 g/mol. The van der Waals surface area contributed by atoms with Gasteiger partial charge in [0.1, 0.15) is 5.83 Å². The smallest absolute Gasteiger partial charge is 0.307 e. The van der Waals surface area contributed by atoms with Crippen LogP contribution in [-0.4, -0.2) is 11.1 Å². The molecule has 3 heteroatoms. The molecule has 0 aromatic rings. The van der Waals surface area contributed by atoms with Crippen LogP contribution in [0, 0.1) is 0 Å². The highest BCUT2D eigenvalue weighted by Gasteiger charge is 2.08. The Morgan fingerprint density at radius 2 is 2.12 bits per heavy atom. The van der Waals surface area contributed by atoms with E-state index in [-0.39, 0.29) is 12.0 Å². The van der Waals surface area contributed by atoms with Crippen molar-refractivity contribution in [2.75, 3.05) is 0 Å². The first-order chi connectivity index (χ1) is 8.01. The number of carboxylic acids is 1. The number of carboxylic acid groups (broad SMARTS) is 1. The molecular formula is C14H19FO2.